The molecule has 0 bridgehead atoms. The number of fused-ring (bicyclic) bond motifs is 1. The monoisotopic (exact) mass is 396 g/mol. The van der Waals surface area contributed by atoms with Crippen LogP contribution in [-0.4, -0.2) is 38.2 Å². The van der Waals surface area contributed by atoms with Crippen molar-refractivity contribution in [3.8, 4) is 17.2 Å². The zero-order chi connectivity index (χ0) is 20.8. The van der Waals surface area contributed by atoms with Crippen molar-refractivity contribution in [3.05, 3.63) is 53.6 Å². The molecule has 0 fully saturated rings. The number of ketones is 1. The van der Waals surface area contributed by atoms with Crippen molar-refractivity contribution in [2.45, 2.75) is 19.9 Å². The second kappa shape index (κ2) is 9.14. The number of amides is 2. The number of ether oxygens (including phenoxy) is 3. The predicted molar refractivity (Wildman–Crippen MR) is 111 cm³/mol. The van der Waals surface area contributed by atoms with Crippen LogP contribution in [0.2, 0.25) is 0 Å². The summed E-state index contributed by atoms with van der Waals surface area (Å²) in [5.41, 5.74) is 1.89. The first-order valence-corrected chi connectivity index (χ1v) is 9.34. The Hall–Kier alpha value is -3.48. The van der Waals surface area contributed by atoms with Gasteiger partial charge in [0.05, 0.1) is 7.11 Å². The largest absolute Gasteiger partial charge is 0.493 e. The zero-order valence-corrected chi connectivity index (χ0v) is 16.7. The number of hydrogen-bond donors (Lipinski definition) is 2. The molecule has 0 aliphatic carbocycles. The Morgan fingerprint density at radius 2 is 1.83 bits per heavy atom. The average molecular weight is 396 g/mol. The van der Waals surface area contributed by atoms with Crippen LogP contribution >= 0.6 is 0 Å². The molecule has 1 aliphatic heterocycles. The molecule has 152 valence electrons. The lowest BCUT2D eigenvalue weighted by molar-refractivity contribution is 0.104. The Balaban J connectivity index is 1.68. The summed E-state index contributed by atoms with van der Waals surface area (Å²) < 4.78 is 16.5. The van der Waals surface area contributed by atoms with E-state index in [1.165, 1.54) is 6.08 Å². The molecule has 0 aromatic heterocycles. The average Bonchev–Trinajstić information content (AvgIpc) is 2.71. The maximum Gasteiger partial charge on any atom is 0.319 e. The summed E-state index contributed by atoms with van der Waals surface area (Å²) >= 11 is 0. The van der Waals surface area contributed by atoms with Gasteiger partial charge in [-0.3, -0.25) is 4.79 Å². The molecule has 0 spiro atoms. The third-order valence-electron chi connectivity index (χ3n) is 4.12. The van der Waals surface area contributed by atoms with Crippen LogP contribution in [0, 0.1) is 0 Å². The van der Waals surface area contributed by atoms with Crippen LogP contribution in [0.15, 0.2) is 42.5 Å². The standard InChI is InChI=1S/C22H24N2O5/c1-14(2)23-22(26)24-17-7-5-16(6-8-17)18(25)9-4-15-12-19(27-3)21-20(13-15)28-10-11-29-21/h4-9,12-14H,10-11H2,1-3H3,(H2,23,24,26)/b9-4+. The highest BCUT2D eigenvalue weighted by atomic mass is 16.6. The highest BCUT2D eigenvalue weighted by Gasteiger charge is 2.17. The first-order valence-electron chi connectivity index (χ1n) is 9.34. The van der Waals surface area contributed by atoms with Crippen molar-refractivity contribution < 1.29 is 23.8 Å². The number of benzene rings is 2. The molecule has 2 amide bonds. The molecule has 0 unspecified atom stereocenters. The van der Waals surface area contributed by atoms with E-state index < -0.39 is 0 Å². The molecule has 3 rings (SSSR count). The number of allylic oxidation sites excluding steroid dienone is 1. The quantitative estimate of drug-likeness (QED) is 0.571. The maximum atomic E-state index is 12.5. The fourth-order valence-electron chi connectivity index (χ4n) is 2.80. The van der Waals surface area contributed by atoms with Crippen LogP contribution in [0.1, 0.15) is 29.8 Å². The molecular weight excluding hydrogens is 372 g/mol. The van der Waals surface area contributed by atoms with Crippen LogP contribution in [0.4, 0.5) is 10.5 Å². The zero-order valence-electron chi connectivity index (χ0n) is 16.7. The SMILES string of the molecule is COc1cc(/C=C/C(=O)c2ccc(NC(=O)NC(C)C)cc2)cc2c1OCCO2. The summed E-state index contributed by atoms with van der Waals surface area (Å²) in [6.07, 6.45) is 3.18. The van der Waals surface area contributed by atoms with Crippen molar-refractivity contribution in [2.24, 2.45) is 0 Å². The lowest BCUT2D eigenvalue weighted by Crippen LogP contribution is -2.34. The van der Waals surface area contributed by atoms with Gasteiger partial charge in [-0.05, 0) is 61.9 Å². The Morgan fingerprint density at radius 3 is 2.52 bits per heavy atom. The van der Waals surface area contributed by atoms with E-state index >= 15 is 0 Å². The normalized spacial score (nSPS) is 12.7. The molecule has 0 radical (unpaired) electrons. The van der Waals surface area contributed by atoms with Crippen molar-refractivity contribution >= 4 is 23.6 Å². The highest BCUT2D eigenvalue weighted by molar-refractivity contribution is 6.07. The second-order valence-corrected chi connectivity index (χ2v) is 6.78. The van der Waals surface area contributed by atoms with Gasteiger partial charge in [-0.1, -0.05) is 6.08 Å². The lowest BCUT2D eigenvalue weighted by atomic mass is 10.1. The number of rotatable bonds is 6. The van der Waals surface area contributed by atoms with Gasteiger partial charge in [0.1, 0.15) is 13.2 Å². The van der Waals surface area contributed by atoms with E-state index in [1.807, 2.05) is 13.8 Å². The first kappa shape index (κ1) is 20.3. The minimum atomic E-state index is -0.286. The maximum absolute atomic E-state index is 12.5. The van der Waals surface area contributed by atoms with Gasteiger partial charge >= 0.3 is 6.03 Å². The van der Waals surface area contributed by atoms with Gasteiger partial charge in [-0.25, -0.2) is 4.79 Å². The van der Waals surface area contributed by atoms with Crippen molar-refractivity contribution in [3.63, 3.8) is 0 Å². The van der Waals surface area contributed by atoms with Crippen molar-refractivity contribution in [1.82, 2.24) is 5.32 Å². The number of hydrogen-bond acceptors (Lipinski definition) is 5. The molecule has 29 heavy (non-hydrogen) atoms. The molecular formula is C22H24N2O5. The summed E-state index contributed by atoms with van der Waals surface area (Å²) in [5, 5.41) is 5.46. The van der Waals surface area contributed by atoms with Crippen molar-refractivity contribution in [2.75, 3.05) is 25.6 Å². The van der Waals surface area contributed by atoms with E-state index in [-0.39, 0.29) is 17.9 Å². The fourth-order valence-corrected chi connectivity index (χ4v) is 2.80. The van der Waals surface area contributed by atoms with Gasteiger partial charge in [0.2, 0.25) is 5.75 Å². The molecule has 1 heterocycles. The van der Waals surface area contributed by atoms with E-state index in [0.29, 0.717) is 41.7 Å². The molecule has 0 saturated heterocycles. The Labute approximate surface area is 169 Å². The summed E-state index contributed by atoms with van der Waals surface area (Å²) in [7, 11) is 1.56. The minimum Gasteiger partial charge on any atom is -0.493 e. The third-order valence-corrected chi connectivity index (χ3v) is 4.12. The molecule has 2 aromatic carbocycles. The van der Waals surface area contributed by atoms with Crippen LogP contribution < -0.4 is 24.8 Å². The number of carbonyl (C=O) groups is 2. The molecule has 2 aromatic rings. The third kappa shape index (κ3) is 5.28. The van der Waals surface area contributed by atoms with Crippen LogP contribution in [-0.2, 0) is 0 Å². The topological polar surface area (TPSA) is 85.9 Å². The molecule has 1 aliphatic rings. The summed E-state index contributed by atoms with van der Waals surface area (Å²) in [6, 6.07) is 10.1. The molecule has 0 atom stereocenters. The fraction of sp³-hybridized carbons (Fsp3) is 0.273. The van der Waals surface area contributed by atoms with Gasteiger partial charge in [0.25, 0.3) is 0 Å². The van der Waals surface area contributed by atoms with Crippen LogP contribution in [0.5, 0.6) is 17.2 Å². The van der Waals surface area contributed by atoms with Gasteiger partial charge in [-0.15, -0.1) is 0 Å². The number of nitrogens with one attached hydrogen (secondary N) is 2. The van der Waals surface area contributed by atoms with E-state index in [9.17, 15) is 9.59 Å². The summed E-state index contributed by atoms with van der Waals surface area (Å²) in [6.45, 7) is 4.70. The van der Waals surface area contributed by atoms with Crippen LogP contribution in [0.25, 0.3) is 6.08 Å². The molecule has 2 N–H and O–H groups in total. The first-order chi connectivity index (χ1) is 14.0. The number of carbonyl (C=O) groups excluding carboxylic acids is 2. The number of methoxy groups -OCH3 is 1. The minimum absolute atomic E-state index is 0.0418. The predicted octanol–water partition coefficient (Wildman–Crippen LogP) is 3.89. The Kier molecular flexibility index (Phi) is 6.39. The highest BCUT2D eigenvalue weighted by Crippen LogP contribution is 2.40. The summed E-state index contributed by atoms with van der Waals surface area (Å²) in [5.74, 6) is 1.58. The Bertz CT molecular complexity index is 902. The van der Waals surface area contributed by atoms with Crippen molar-refractivity contribution in [1.29, 1.82) is 0 Å². The van der Waals surface area contributed by atoms with Gasteiger partial charge < -0.3 is 24.8 Å². The van der Waals surface area contributed by atoms with E-state index in [1.54, 1.807) is 49.6 Å². The lowest BCUT2D eigenvalue weighted by Gasteiger charge is -2.20. The number of urea groups is 1. The molecule has 0 saturated carbocycles. The van der Waals surface area contributed by atoms with Crippen LogP contribution in [0.3, 0.4) is 0 Å². The van der Waals surface area contributed by atoms with Gasteiger partial charge in [0.15, 0.2) is 17.3 Å². The smallest absolute Gasteiger partial charge is 0.319 e. The summed E-state index contributed by atoms with van der Waals surface area (Å²) in [4.78, 5) is 24.2. The Morgan fingerprint density at radius 1 is 1.10 bits per heavy atom. The van der Waals surface area contributed by atoms with Gasteiger partial charge in [0, 0.05) is 17.3 Å². The second-order valence-electron chi connectivity index (χ2n) is 6.78. The van der Waals surface area contributed by atoms with E-state index in [0.717, 1.165) is 5.56 Å². The van der Waals surface area contributed by atoms with E-state index in [4.69, 9.17) is 14.2 Å². The number of anilines is 1. The molecule has 7 heteroatoms. The van der Waals surface area contributed by atoms with Gasteiger partial charge in [-0.2, -0.15) is 0 Å². The molecule has 7 nitrogen and oxygen atoms in total. The van der Waals surface area contributed by atoms with E-state index in [2.05, 4.69) is 10.6 Å².